The number of fused-ring (bicyclic) bond motifs is 1. The summed E-state index contributed by atoms with van der Waals surface area (Å²) in [6.07, 6.45) is 0. The lowest BCUT2D eigenvalue weighted by molar-refractivity contribution is -0.112. The summed E-state index contributed by atoms with van der Waals surface area (Å²) in [6, 6.07) is 17.6. The molecule has 4 aromatic rings. The molecule has 0 aliphatic carbocycles. The van der Waals surface area contributed by atoms with Gasteiger partial charge in [0, 0.05) is 28.0 Å². The van der Waals surface area contributed by atoms with Crippen molar-refractivity contribution in [3.63, 3.8) is 0 Å². The molecule has 0 aliphatic rings. The molecule has 0 unspecified atom stereocenters. The van der Waals surface area contributed by atoms with Gasteiger partial charge in [-0.3, -0.25) is 14.3 Å². The second-order valence-electron chi connectivity index (χ2n) is 7.65. The van der Waals surface area contributed by atoms with Crippen LogP contribution in [0.2, 0.25) is 0 Å². The number of para-hydroxylation sites is 1. The van der Waals surface area contributed by atoms with Crippen molar-refractivity contribution in [1.29, 1.82) is 0 Å². The summed E-state index contributed by atoms with van der Waals surface area (Å²) in [5.74, 6) is -0.987. The number of nitrogens with one attached hydrogen (secondary N) is 3. The van der Waals surface area contributed by atoms with E-state index in [0.29, 0.717) is 22.5 Å². The van der Waals surface area contributed by atoms with Gasteiger partial charge in [0.15, 0.2) is 0 Å². The Balaban J connectivity index is 1.61. The highest BCUT2D eigenvalue weighted by Gasteiger charge is 2.25. The summed E-state index contributed by atoms with van der Waals surface area (Å²) in [5, 5.41) is 3.13. The predicted molar refractivity (Wildman–Crippen MR) is 133 cm³/mol. The van der Waals surface area contributed by atoms with E-state index in [1.54, 1.807) is 43.3 Å². The molecule has 3 N–H and O–H groups in total. The number of aryl methyl sites for hydroxylation is 1. The van der Waals surface area contributed by atoms with Gasteiger partial charge in [-0.15, -0.1) is 0 Å². The lowest BCUT2D eigenvalue weighted by Gasteiger charge is -2.14. The first-order valence-electron chi connectivity index (χ1n) is 10.5. The summed E-state index contributed by atoms with van der Waals surface area (Å²) >= 11 is 0. The number of aromatic amines is 1. The SMILES string of the molecule is COc1ccc(NS(=O)(=O)c2cc(NC(=O)C(=O)c3c(C)[nH]c4ccccc34)ccc2OC)cc1. The van der Waals surface area contributed by atoms with Crippen LogP contribution in [0.4, 0.5) is 11.4 Å². The van der Waals surface area contributed by atoms with Gasteiger partial charge >= 0.3 is 0 Å². The van der Waals surface area contributed by atoms with E-state index in [2.05, 4.69) is 15.0 Å². The fourth-order valence-electron chi connectivity index (χ4n) is 3.70. The van der Waals surface area contributed by atoms with Crippen LogP contribution in [-0.4, -0.2) is 39.3 Å². The molecule has 35 heavy (non-hydrogen) atoms. The molecular formula is C25H23N3O6S. The molecule has 180 valence electrons. The van der Waals surface area contributed by atoms with Gasteiger partial charge in [-0.2, -0.15) is 0 Å². The molecule has 0 aliphatic heterocycles. The maximum atomic E-state index is 13.1. The van der Waals surface area contributed by atoms with Crippen molar-refractivity contribution < 1.29 is 27.5 Å². The van der Waals surface area contributed by atoms with Gasteiger partial charge in [-0.05, 0) is 55.5 Å². The number of H-pyrrole nitrogens is 1. The number of hydrogen-bond acceptors (Lipinski definition) is 6. The highest BCUT2D eigenvalue weighted by molar-refractivity contribution is 7.92. The maximum absolute atomic E-state index is 13.1. The molecule has 0 spiro atoms. The second kappa shape index (κ2) is 9.51. The largest absolute Gasteiger partial charge is 0.497 e. The number of Topliss-reactive ketones (excluding diaryl/α,β-unsaturated/α-hetero) is 1. The standard InChI is InChI=1S/C25H23N3O6S/c1-15-23(19-6-4-5-7-20(19)26-15)24(29)25(30)27-17-10-13-21(34-3)22(14-17)35(31,32)28-16-8-11-18(33-2)12-9-16/h4-14,26,28H,1-3H3,(H,27,30). The Morgan fingerprint density at radius 2 is 1.57 bits per heavy atom. The summed E-state index contributed by atoms with van der Waals surface area (Å²) in [5.41, 5.74) is 2.00. The van der Waals surface area contributed by atoms with Crippen LogP contribution in [0.25, 0.3) is 10.9 Å². The zero-order valence-corrected chi connectivity index (χ0v) is 20.0. The summed E-state index contributed by atoms with van der Waals surface area (Å²) in [7, 11) is -1.25. The van der Waals surface area contributed by atoms with E-state index >= 15 is 0 Å². The molecule has 0 saturated heterocycles. The number of methoxy groups -OCH3 is 2. The van der Waals surface area contributed by atoms with Crippen LogP contribution in [0.3, 0.4) is 0 Å². The van der Waals surface area contributed by atoms with Gasteiger partial charge in [-0.25, -0.2) is 8.42 Å². The van der Waals surface area contributed by atoms with Gasteiger partial charge in [0.2, 0.25) is 0 Å². The fourth-order valence-corrected chi connectivity index (χ4v) is 4.96. The van der Waals surface area contributed by atoms with E-state index in [1.165, 1.54) is 32.4 Å². The van der Waals surface area contributed by atoms with Gasteiger partial charge in [0.25, 0.3) is 21.7 Å². The fraction of sp³-hybridized carbons (Fsp3) is 0.120. The van der Waals surface area contributed by atoms with Gasteiger partial charge in [-0.1, -0.05) is 18.2 Å². The van der Waals surface area contributed by atoms with Crippen molar-refractivity contribution in [3.05, 3.63) is 78.0 Å². The number of rotatable bonds is 8. The first-order chi connectivity index (χ1) is 16.7. The van der Waals surface area contributed by atoms with Crippen molar-refractivity contribution in [3.8, 4) is 11.5 Å². The average molecular weight is 494 g/mol. The number of ketones is 1. The number of benzene rings is 3. The number of ether oxygens (including phenoxy) is 2. The van der Waals surface area contributed by atoms with Crippen LogP contribution in [-0.2, 0) is 14.8 Å². The second-order valence-corrected chi connectivity index (χ2v) is 9.30. The molecule has 0 atom stereocenters. The molecule has 0 bridgehead atoms. The summed E-state index contributed by atoms with van der Waals surface area (Å²) in [6.45, 7) is 1.71. The van der Waals surface area contributed by atoms with Crippen LogP contribution in [0, 0.1) is 6.92 Å². The molecule has 10 heteroatoms. The van der Waals surface area contributed by atoms with Crippen LogP contribution >= 0.6 is 0 Å². The third kappa shape index (κ3) is 4.82. The molecule has 3 aromatic carbocycles. The number of sulfonamides is 1. The molecule has 1 amide bonds. The Hall–Kier alpha value is -4.31. The topological polar surface area (TPSA) is 127 Å². The van der Waals surface area contributed by atoms with E-state index in [1.807, 2.05) is 12.1 Å². The molecule has 1 heterocycles. The third-order valence-electron chi connectivity index (χ3n) is 5.38. The zero-order chi connectivity index (χ0) is 25.2. The number of aromatic nitrogens is 1. The van der Waals surface area contributed by atoms with Crippen molar-refractivity contribution in [2.75, 3.05) is 24.3 Å². The summed E-state index contributed by atoms with van der Waals surface area (Å²) < 4.78 is 38.9. The zero-order valence-electron chi connectivity index (χ0n) is 19.2. The van der Waals surface area contributed by atoms with Gasteiger partial charge in [0.05, 0.1) is 19.8 Å². The quantitative estimate of drug-likeness (QED) is 0.250. The Morgan fingerprint density at radius 3 is 2.26 bits per heavy atom. The Bertz CT molecular complexity index is 1520. The van der Waals surface area contributed by atoms with E-state index < -0.39 is 21.7 Å². The Labute approximate surface area is 202 Å². The minimum atomic E-state index is -4.09. The van der Waals surface area contributed by atoms with Crippen LogP contribution in [0.5, 0.6) is 11.5 Å². The first kappa shape index (κ1) is 23.8. The smallest absolute Gasteiger partial charge is 0.296 e. The molecule has 0 radical (unpaired) electrons. The number of amides is 1. The number of carbonyl (C=O) groups excluding carboxylic acids is 2. The molecule has 0 saturated carbocycles. The van der Waals surface area contributed by atoms with Crippen LogP contribution in [0.15, 0.2) is 71.6 Å². The number of carbonyl (C=O) groups is 2. The van der Waals surface area contributed by atoms with Gasteiger partial charge < -0.3 is 19.8 Å². The van der Waals surface area contributed by atoms with Crippen LogP contribution in [0.1, 0.15) is 16.1 Å². The molecule has 0 fully saturated rings. The van der Waals surface area contributed by atoms with E-state index in [9.17, 15) is 18.0 Å². The minimum absolute atomic E-state index is 0.0720. The minimum Gasteiger partial charge on any atom is -0.497 e. The van der Waals surface area contributed by atoms with E-state index in [-0.39, 0.29) is 21.9 Å². The third-order valence-corrected chi connectivity index (χ3v) is 6.78. The molecular weight excluding hydrogens is 470 g/mol. The van der Waals surface area contributed by atoms with Crippen molar-refractivity contribution in [2.45, 2.75) is 11.8 Å². The lowest BCUT2D eigenvalue weighted by atomic mass is 10.1. The van der Waals surface area contributed by atoms with Crippen molar-refractivity contribution in [2.24, 2.45) is 0 Å². The molecule has 9 nitrogen and oxygen atoms in total. The van der Waals surface area contributed by atoms with Crippen molar-refractivity contribution in [1.82, 2.24) is 4.98 Å². The predicted octanol–water partition coefficient (Wildman–Crippen LogP) is 4.12. The molecule has 4 rings (SSSR count). The van der Waals surface area contributed by atoms with Crippen LogP contribution < -0.4 is 19.5 Å². The van der Waals surface area contributed by atoms with E-state index in [4.69, 9.17) is 9.47 Å². The number of anilines is 2. The summed E-state index contributed by atoms with van der Waals surface area (Å²) in [4.78, 5) is 28.6. The first-order valence-corrected chi connectivity index (χ1v) is 12.0. The highest BCUT2D eigenvalue weighted by Crippen LogP contribution is 2.30. The Morgan fingerprint density at radius 1 is 0.886 bits per heavy atom. The number of hydrogen-bond donors (Lipinski definition) is 3. The highest BCUT2D eigenvalue weighted by atomic mass is 32.2. The maximum Gasteiger partial charge on any atom is 0.296 e. The normalized spacial score (nSPS) is 11.2. The Kier molecular flexibility index (Phi) is 6.48. The van der Waals surface area contributed by atoms with Gasteiger partial charge in [0.1, 0.15) is 16.4 Å². The lowest BCUT2D eigenvalue weighted by Crippen LogP contribution is -2.23. The monoisotopic (exact) mass is 493 g/mol. The molecule has 1 aromatic heterocycles. The van der Waals surface area contributed by atoms with Crippen molar-refractivity contribution >= 4 is 44.0 Å². The van der Waals surface area contributed by atoms with E-state index in [0.717, 1.165) is 5.52 Å². The average Bonchev–Trinajstić information content (AvgIpc) is 3.19.